The maximum Gasteiger partial charge on any atom is 0.272 e. The number of benzene rings is 1. The van der Waals surface area contributed by atoms with E-state index in [-0.39, 0.29) is 11.8 Å². The predicted molar refractivity (Wildman–Crippen MR) is 111 cm³/mol. The van der Waals surface area contributed by atoms with Gasteiger partial charge in [0.15, 0.2) is 0 Å². The predicted octanol–water partition coefficient (Wildman–Crippen LogP) is 3.67. The first-order chi connectivity index (χ1) is 14.3. The molecule has 0 saturated carbocycles. The van der Waals surface area contributed by atoms with E-state index in [9.17, 15) is 4.79 Å². The summed E-state index contributed by atoms with van der Waals surface area (Å²) >= 11 is 0. The van der Waals surface area contributed by atoms with Crippen LogP contribution in [0.25, 0.3) is 5.65 Å². The molecule has 1 atom stereocenters. The van der Waals surface area contributed by atoms with Crippen LogP contribution in [0.2, 0.25) is 0 Å². The minimum absolute atomic E-state index is 0.0394. The summed E-state index contributed by atoms with van der Waals surface area (Å²) in [5.74, 6) is 0.311. The molecule has 1 amide bonds. The van der Waals surface area contributed by atoms with Crippen LogP contribution in [0.15, 0.2) is 67.1 Å². The van der Waals surface area contributed by atoms with Crippen molar-refractivity contribution >= 4 is 11.6 Å². The molecule has 146 valence electrons. The summed E-state index contributed by atoms with van der Waals surface area (Å²) in [7, 11) is 0. The van der Waals surface area contributed by atoms with Crippen molar-refractivity contribution in [2.45, 2.75) is 25.2 Å². The van der Waals surface area contributed by atoms with Gasteiger partial charge in [-0.15, -0.1) is 0 Å². The van der Waals surface area contributed by atoms with Gasteiger partial charge in [-0.05, 0) is 36.1 Å². The van der Waals surface area contributed by atoms with Crippen molar-refractivity contribution in [2.24, 2.45) is 0 Å². The number of hydrogen-bond acceptors (Lipinski definition) is 3. The van der Waals surface area contributed by atoms with Gasteiger partial charge in [0.1, 0.15) is 11.3 Å². The van der Waals surface area contributed by atoms with Gasteiger partial charge in [0.25, 0.3) is 5.91 Å². The van der Waals surface area contributed by atoms with Gasteiger partial charge in [-0.3, -0.25) is 14.3 Å². The lowest BCUT2D eigenvalue weighted by Gasteiger charge is -2.32. The number of imidazole rings is 1. The summed E-state index contributed by atoms with van der Waals surface area (Å²) in [6.07, 6.45) is 8.39. The van der Waals surface area contributed by atoms with E-state index in [1.54, 1.807) is 6.20 Å². The SMILES string of the molecule is O=C(c1cnc2ccccn12)N1CCCC(c2[nH]ncc2Cc2ccccc2)C1. The lowest BCUT2D eigenvalue weighted by Crippen LogP contribution is -2.39. The summed E-state index contributed by atoms with van der Waals surface area (Å²) in [5.41, 5.74) is 5.05. The van der Waals surface area contributed by atoms with E-state index in [1.807, 2.05) is 46.0 Å². The molecule has 1 aromatic carbocycles. The first kappa shape index (κ1) is 17.7. The Morgan fingerprint density at radius 1 is 1.10 bits per heavy atom. The van der Waals surface area contributed by atoms with E-state index in [0.717, 1.165) is 37.1 Å². The number of piperidine rings is 1. The topological polar surface area (TPSA) is 66.3 Å². The number of hydrogen-bond donors (Lipinski definition) is 1. The second-order valence-corrected chi connectivity index (χ2v) is 7.63. The maximum absolute atomic E-state index is 13.2. The second kappa shape index (κ2) is 7.54. The van der Waals surface area contributed by atoms with Crippen LogP contribution in [0.3, 0.4) is 0 Å². The molecule has 1 saturated heterocycles. The third-order valence-electron chi connectivity index (χ3n) is 5.74. The van der Waals surface area contributed by atoms with E-state index in [1.165, 1.54) is 11.1 Å². The molecule has 1 N–H and O–H groups in total. The molecule has 5 rings (SSSR count). The van der Waals surface area contributed by atoms with Crippen molar-refractivity contribution in [3.05, 3.63) is 89.6 Å². The Morgan fingerprint density at radius 2 is 1.97 bits per heavy atom. The van der Waals surface area contributed by atoms with Crippen molar-refractivity contribution in [2.75, 3.05) is 13.1 Å². The largest absolute Gasteiger partial charge is 0.337 e. The third-order valence-corrected chi connectivity index (χ3v) is 5.74. The Kier molecular flexibility index (Phi) is 4.60. The van der Waals surface area contributed by atoms with E-state index in [4.69, 9.17) is 0 Å². The molecule has 1 aliphatic rings. The number of carbonyl (C=O) groups excluding carboxylic acids is 1. The highest BCUT2D eigenvalue weighted by molar-refractivity contribution is 5.93. The lowest BCUT2D eigenvalue weighted by atomic mass is 9.90. The summed E-state index contributed by atoms with van der Waals surface area (Å²) in [5, 5.41) is 7.53. The molecule has 4 aromatic rings. The highest BCUT2D eigenvalue weighted by Gasteiger charge is 2.29. The highest BCUT2D eigenvalue weighted by Crippen LogP contribution is 2.29. The number of nitrogens with one attached hydrogen (secondary N) is 1. The van der Waals surface area contributed by atoms with Crippen LogP contribution in [0, 0.1) is 0 Å². The van der Waals surface area contributed by atoms with Crippen molar-refractivity contribution in [3.63, 3.8) is 0 Å². The summed E-state index contributed by atoms with van der Waals surface area (Å²) < 4.78 is 1.86. The molecule has 6 heteroatoms. The van der Waals surface area contributed by atoms with Gasteiger partial charge >= 0.3 is 0 Å². The number of carbonyl (C=O) groups is 1. The molecular formula is C23H23N5O. The monoisotopic (exact) mass is 385 g/mol. The van der Waals surface area contributed by atoms with Crippen molar-refractivity contribution in [1.29, 1.82) is 0 Å². The molecule has 1 fully saturated rings. The van der Waals surface area contributed by atoms with Gasteiger partial charge < -0.3 is 4.90 Å². The smallest absolute Gasteiger partial charge is 0.272 e. The molecular weight excluding hydrogens is 362 g/mol. The van der Waals surface area contributed by atoms with Crippen LogP contribution in [0.5, 0.6) is 0 Å². The number of amides is 1. The van der Waals surface area contributed by atoms with E-state index < -0.39 is 0 Å². The molecule has 0 radical (unpaired) electrons. The van der Waals surface area contributed by atoms with Crippen LogP contribution in [0.4, 0.5) is 0 Å². The Balaban J connectivity index is 1.36. The summed E-state index contributed by atoms with van der Waals surface area (Å²) in [6.45, 7) is 1.47. The number of aromatic nitrogens is 4. The van der Waals surface area contributed by atoms with Crippen molar-refractivity contribution < 1.29 is 4.79 Å². The highest BCUT2D eigenvalue weighted by atomic mass is 16.2. The quantitative estimate of drug-likeness (QED) is 0.583. The van der Waals surface area contributed by atoms with Crippen molar-refractivity contribution in [3.8, 4) is 0 Å². The first-order valence-corrected chi connectivity index (χ1v) is 10.1. The molecule has 0 aliphatic carbocycles. The number of fused-ring (bicyclic) bond motifs is 1. The Bertz CT molecular complexity index is 1130. The lowest BCUT2D eigenvalue weighted by molar-refractivity contribution is 0.0698. The van der Waals surface area contributed by atoms with E-state index >= 15 is 0 Å². The molecule has 0 spiro atoms. The fourth-order valence-electron chi connectivity index (χ4n) is 4.28. The number of aromatic amines is 1. The molecule has 1 aliphatic heterocycles. The van der Waals surface area contributed by atoms with E-state index in [0.29, 0.717) is 12.2 Å². The number of likely N-dealkylation sites (tertiary alicyclic amines) is 1. The van der Waals surface area contributed by atoms with Gasteiger partial charge in [-0.25, -0.2) is 4.98 Å². The normalized spacial score (nSPS) is 17.0. The standard InChI is InChI=1S/C23H23N5O/c29-23(20-15-24-21-10-4-5-12-28(20)21)27-11-6-9-18(16-27)22-19(14-25-26-22)13-17-7-2-1-3-8-17/h1-5,7-8,10,12,14-15,18H,6,9,11,13,16H2,(H,25,26). The summed E-state index contributed by atoms with van der Waals surface area (Å²) in [4.78, 5) is 19.5. The van der Waals surface area contributed by atoms with Crippen molar-refractivity contribution in [1.82, 2.24) is 24.5 Å². The fourth-order valence-corrected chi connectivity index (χ4v) is 4.28. The van der Waals surface area contributed by atoms with Gasteiger partial charge in [-0.1, -0.05) is 36.4 Å². The van der Waals surface area contributed by atoms with Crippen LogP contribution >= 0.6 is 0 Å². The van der Waals surface area contributed by atoms with Crippen LogP contribution in [0.1, 0.15) is 46.1 Å². The Hall–Kier alpha value is -3.41. The Morgan fingerprint density at radius 3 is 2.86 bits per heavy atom. The number of H-pyrrole nitrogens is 1. The van der Waals surface area contributed by atoms with Gasteiger partial charge in [-0.2, -0.15) is 5.10 Å². The Labute approximate surface area is 169 Å². The second-order valence-electron chi connectivity index (χ2n) is 7.63. The zero-order chi connectivity index (χ0) is 19.6. The van der Waals surface area contributed by atoms with Gasteiger partial charge in [0.2, 0.25) is 0 Å². The average molecular weight is 385 g/mol. The van der Waals surface area contributed by atoms with E-state index in [2.05, 4.69) is 39.4 Å². The first-order valence-electron chi connectivity index (χ1n) is 10.1. The van der Waals surface area contributed by atoms with Crippen LogP contribution in [-0.4, -0.2) is 43.5 Å². The minimum atomic E-state index is 0.0394. The van der Waals surface area contributed by atoms with Crippen LogP contribution in [-0.2, 0) is 6.42 Å². The maximum atomic E-state index is 13.2. The third kappa shape index (κ3) is 3.42. The molecule has 0 bridgehead atoms. The van der Waals surface area contributed by atoms with Crippen LogP contribution < -0.4 is 0 Å². The molecule has 4 heterocycles. The van der Waals surface area contributed by atoms with Gasteiger partial charge in [0, 0.05) is 37.3 Å². The number of pyridine rings is 1. The fraction of sp³-hybridized carbons (Fsp3) is 0.261. The van der Waals surface area contributed by atoms with Gasteiger partial charge in [0.05, 0.1) is 12.4 Å². The number of nitrogens with zero attached hydrogens (tertiary/aromatic N) is 4. The zero-order valence-electron chi connectivity index (χ0n) is 16.2. The molecule has 3 aromatic heterocycles. The minimum Gasteiger partial charge on any atom is -0.337 e. The average Bonchev–Trinajstić information content (AvgIpc) is 3.41. The molecule has 1 unspecified atom stereocenters. The zero-order valence-corrected chi connectivity index (χ0v) is 16.2. The molecule has 6 nitrogen and oxygen atoms in total. The summed E-state index contributed by atoms with van der Waals surface area (Å²) in [6, 6.07) is 16.2. The number of rotatable bonds is 4. The molecule has 29 heavy (non-hydrogen) atoms.